The van der Waals surface area contributed by atoms with Crippen molar-refractivity contribution in [2.45, 2.75) is 50.2 Å². The summed E-state index contributed by atoms with van der Waals surface area (Å²) in [5.41, 5.74) is 0.139. The number of hydrogen-bond acceptors (Lipinski definition) is 5. The Kier molecular flexibility index (Phi) is 3.45. The lowest BCUT2D eigenvalue weighted by Crippen LogP contribution is -2.52. The zero-order chi connectivity index (χ0) is 13.4. The van der Waals surface area contributed by atoms with E-state index in [-0.39, 0.29) is 5.69 Å². The van der Waals surface area contributed by atoms with Crippen molar-refractivity contribution in [1.82, 2.24) is 9.88 Å². The first-order valence-corrected chi connectivity index (χ1v) is 7.68. The van der Waals surface area contributed by atoms with Crippen LogP contribution in [0, 0.1) is 0 Å². The van der Waals surface area contributed by atoms with Crippen LogP contribution in [0.1, 0.15) is 42.6 Å². The van der Waals surface area contributed by atoms with Crippen molar-refractivity contribution in [3.8, 4) is 0 Å². The Morgan fingerprint density at radius 2 is 2.16 bits per heavy atom. The third kappa shape index (κ3) is 2.60. The van der Waals surface area contributed by atoms with Crippen LogP contribution in [-0.4, -0.2) is 46.1 Å². The van der Waals surface area contributed by atoms with Crippen LogP contribution in [0.15, 0.2) is 5.38 Å². The molecule has 0 aliphatic carbocycles. The number of carbonyl (C=O) groups is 1. The van der Waals surface area contributed by atoms with E-state index in [0.29, 0.717) is 18.1 Å². The zero-order valence-electron chi connectivity index (χ0n) is 11.0. The topological polar surface area (TPSA) is 65.5 Å². The Morgan fingerprint density at radius 1 is 1.47 bits per heavy atom. The van der Waals surface area contributed by atoms with Crippen LogP contribution in [-0.2, 0) is 0 Å². The predicted octanol–water partition coefficient (Wildman–Crippen LogP) is 2.27. The molecule has 6 heteroatoms. The molecular weight excluding hydrogens is 262 g/mol. The molecule has 3 rings (SSSR count). The van der Waals surface area contributed by atoms with Crippen molar-refractivity contribution in [2.75, 3.05) is 12.4 Å². The molecule has 2 aliphatic rings. The Bertz CT molecular complexity index is 462. The molecule has 0 spiro atoms. The van der Waals surface area contributed by atoms with Gasteiger partial charge in [-0.3, -0.25) is 0 Å². The molecule has 1 aromatic heterocycles. The second kappa shape index (κ2) is 5.09. The summed E-state index contributed by atoms with van der Waals surface area (Å²) in [7, 11) is 2.23. The van der Waals surface area contributed by atoms with Gasteiger partial charge in [0.05, 0.1) is 0 Å². The number of aromatic nitrogens is 1. The molecule has 2 bridgehead atoms. The van der Waals surface area contributed by atoms with Gasteiger partial charge in [0.2, 0.25) is 0 Å². The Labute approximate surface area is 116 Å². The lowest BCUT2D eigenvalue weighted by Gasteiger charge is -2.47. The number of nitrogens with one attached hydrogen (secondary N) is 1. The number of thiazole rings is 1. The van der Waals surface area contributed by atoms with Crippen molar-refractivity contribution in [1.29, 1.82) is 0 Å². The Balaban J connectivity index is 1.65. The molecule has 3 heterocycles. The summed E-state index contributed by atoms with van der Waals surface area (Å²) in [6.07, 6.45) is 6.17. The third-order valence-electron chi connectivity index (χ3n) is 4.39. The van der Waals surface area contributed by atoms with Crippen LogP contribution in [0.4, 0.5) is 5.13 Å². The summed E-state index contributed by atoms with van der Waals surface area (Å²) in [5.74, 6) is -0.954. The standard InChI is InChI=1S/C13H19N3O2S/c1-16-9-3-2-4-10(16)6-8(5-9)14-13-15-11(7-19-13)12(17)18/h7-10H,2-6H2,1H3,(H,14,15)(H,17,18). The highest BCUT2D eigenvalue weighted by molar-refractivity contribution is 7.13. The highest BCUT2D eigenvalue weighted by Crippen LogP contribution is 2.34. The number of anilines is 1. The molecule has 2 N–H and O–H groups in total. The average molecular weight is 281 g/mol. The van der Waals surface area contributed by atoms with Crippen LogP contribution in [0.25, 0.3) is 0 Å². The number of fused-ring (bicyclic) bond motifs is 2. The average Bonchev–Trinajstić information content (AvgIpc) is 2.79. The van der Waals surface area contributed by atoms with Gasteiger partial charge in [-0.25, -0.2) is 9.78 Å². The minimum absolute atomic E-state index is 0.139. The van der Waals surface area contributed by atoms with Crippen LogP contribution in [0.5, 0.6) is 0 Å². The molecule has 0 aromatic carbocycles. The molecule has 104 valence electrons. The molecule has 2 aliphatic heterocycles. The second-order valence-corrected chi connectivity index (χ2v) is 6.42. The summed E-state index contributed by atoms with van der Waals surface area (Å²) >= 11 is 1.38. The van der Waals surface area contributed by atoms with E-state index in [9.17, 15) is 4.79 Å². The van der Waals surface area contributed by atoms with E-state index in [1.807, 2.05) is 0 Å². The highest BCUT2D eigenvalue weighted by atomic mass is 32.1. The van der Waals surface area contributed by atoms with Gasteiger partial charge in [0.1, 0.15) is 0 Å². The smallest absolute Gasteiger partial charge is 0.355 e. The van der Waals surface area contributed by atoms with Gasteiger partial charge in [0, 0.05) is 23.5 Å². The fraction of sp³-hybridized carbons (Fsp3) is 0.692. The normalized spacial score (nSPS) is 31.1. The number of aromatic carboxylic acids is 1. The number of rotatable bonds is 3. The molecule has 2 saturated heterocycles. The van der Waals surface area contributed by atoms with Gasteiger partial charge in [-0.2, -0.15) is 0 Å². The molecule has 1 aromatic rings. The number of nitrogens with zero attached hydrogens (tertiary/aromatic N) is 2. The minimum atomic E-state index is -0.954. The SMILES string of the molecule is CN1C2CCCC1CC(Nc1nc(C(=O)O)cs1)C2. The van der Waals surface area contributed by atoms with Crippen LogP contribution in [0.2, 0.25) is 0 Å². The molecule has 19 heavy (non-hydrogen) atoms. The minimum Gasteiger partial charge on any atom is -0.476 e. The fourth-order valence-corrected chi connectivity index (χ4v) is 4.11. The quantitative estimate of drug-likeness (QED) is 0.889. The summed E-state index contributed by atoms with van der Waals surface area (Å²) < 4.78 is 0. The molecular formula is C13H19N3O2S. The van der Waals surface area contributed by atoms with Crippen molar-refractivity contribution in [3.05, 3.63) is 11.1 Å². The summed E-state index contributed by atoms with van der Waals surface area (Å²) in [6.45, 7) is 0. The van der Waals surface area contributed by atoms with Gasteiger partial charge in [-0.05, 0) is 32.7 Å². The van der Waals surface area contributed by atoms with Crippen molar-refractivity contribution >= 4 is 22.4 Å². The van der Waals surface area contributed by atoms with E-state index in [1.165, 1.54) is 30.6 Å². The van der Waals surface area contributed by atoms with Gasteiger partial charge in [-0.15, -0.1) is 11.3 Å². The number of carboxylic acid groups (broad SMARTS) is 1. The maximum absolute atomic E-state index is 10.8. The molecule has 2 fully saturated rings. The molecule has 0 radical (unpaired) electrons. The zero-order valence-corrected chi connectivity index (χ0v) is 11.8. The van der Waals surface area contributed by atoms with E-state index in [1.54, 1.807) is 5.38 Å². The first kappa shape index (κ1) is 12.9. The van der Waals surface area contributed by atoms with E-state index in [0.717, 1.165) is 18.0 Å². The van der Waals surface area contributed by atoms with Crippen LogP contribution >= 0.6 is 11.3 Å². The van der Waals surface area contributed by atoms with Crippen molar-refractivity contribution in [2.24, 2.45) is 0 Å². The molecule has 2 atom stereocenters. The second-order valence-electron chi connectivity index (χ2n) is 5.56. The van der Waals surface area contributed by atoms with Gasteiger partial charge in [0.15, 0.2) is 10.8 Å². The largest absolute Gasteiger partial charge is 0.476 e. The van der Waals surface area contributed by atoms with Gasteiger partial charge < -0.3 is 15.3 Å². The lowest BCUT2D eigenvalue weighted by molar-refractivity contribution is 0.0608. The Hall–Kier alpha value is -1.14. The van der Waals surface area contributed by atoms with E-state index in [4.69, 9.17) is 5.11 Å². The monoisotopic (exact) mass is 281 g/mol. The fourth-order valence-electron chi connectivity index (χ4n) is 3.35. The van der Waals surface area contributed by atoms with E-state index in [2.05, 4.69) is 22.2 Å². The van der Waals surface area contributed by atoms with Gasteiger partial charge >= 0.3 is 5.97 Å². The Morgan fingerprint density at radius 3 is 2.74 bits per heavy atom. The van der Waals surface area contributed by atoms with E-state index >= 15 is 0 Å². The maximum Gasteiger partial charge on any atom is 0.355 e. The third-order valence-corrected chi connectivity index (χ3v) is 5.16. The number of carboxylic acids is 1. The first-order chi connectivity index (χ1) is 9.13. The van der Waals surface area contributed by atoms with Crippen LogP contribution in [0.3, 0.4) is 0 Å². The number of piperidine rings is 2. The summed E-state index contributed by atoms with van der Waals surface area (Å²) in [4.78, 5) is 17.4. The molecule has 5 nitrogen and oxygen atoms in total. The van der Waals surface area contributed by atoms with Crippen LogP contribution < -0.4 is 5.32 Å². The molecule has 2 unspecified atom stereocenters. The van der Waals surface area contributed by atoms with Crippen molar-refractivity contribution in [3.63, 3.8) is 0 Å². The van der Waals surface area contributed by atoms with E-state index < -0.39 is 5.97 Å². The molecule has 0 saturated carbocycles. The van der Waals surface area contributed by atoms with Gasteiger partial charge in [-0.1, -0.05) is 6.42 Å². The predicted molar refractivity (Wildman–Crippen MR) is 74.9 cm³/mol. The number of hydrogen-bond donors (Lipinski definition) is 2. The summed E-state index contributed by atoms with van der Waals surface area (Å²) in [6, 6.07) is 1.77. The molecule has 0 amide bonds. The van der Waals surface area contributed by atoms with Gasteiger partial charge in [0.25, 0.3) is 0 Å². The van der Waals surface area contributed by atoms with Crippen molar-refractivity contribution < 1.29 is 9.90 Å². The highest BCUT2D eigenvalue weighted by Gasteiger charge is 2.36. The summed E-state index contributed by atoms with van der Waals surface area (Å²) in [5, 5.41) is 14.6. The first-order valence-electron chi connectivity index (χ1n) is 6.81. The lowest BCUT2D eigenvalue weighted by atomic mass is 9.82. The maximum atomic E-state index is 10.8.